The molecule has 0 fully saturated rings. The van der Waals surface area contributed by atoms with Gasteiger partial charge in [-0.3, -0.25) is 9.49 Å². The summed E-state index contributed by atoms with van der Waals surface area (Å²) in [4.78, 5) is 2.44. The number of quaternary nitrogens is 1. The summed E-state index contributed by atoms with van der Waals surface area (Å²) >= 11 is 0. The van der Waals surface area contributed by atoms with Crippen LogP contribution in [0.3, 0.4) is 0 Å². The molecule has 0 aromatic heterocycles. The quantitative estimate of drug-likeness (QED) is 0.364. The maximum Gasteiger partial charge on any atom is 0.108 e. The summed E-state index contributed by atoms with van der Waals surface area (Å²) in [5.41, 5.74) is 0. The van der Waals surface area contributed by atoms with Crippen molar-refractivity contribution < 1.29 is 4.59 Å². The Morgan fingerprint density at radius 1 is 1.17 bits per heavy atom. The molecule has 0 spiro atoms. The normalized spacial score (nSPS) is 12.5. The minimum Gasteiger partial charge on any atom is -0.298 e. The van der Waals surface area contributed by atoms with Gasteiger partial charge in [0, 0.05) is 6.54 Å². The second-order valence-electron chi connectivity index (χ2n) is 3.94. The summed E-state index contributed by atoms with van der Waals surface area (Å²) in [5.74, 6) is 5.85. The monoisotopic (exact) mass is 174 g/mol. The van der Waals surface area contributed by atoms with E-state index >= 15 is 0 Å². The van der Waals surface area contributed by atoms with Gasteiger partial charge in [0.1, 0.15) is 6.54 Å². The van der Waals surface area contributed by atoms with Gasteiger partial charge in [-0.1, -0.05) is 13.8 Å². The van der Waals surface area contributed by atoms with Crippen molar-refractivity contribution in [1.82, 2.24) is 4.90 Å². The Morgan fingerprint density at radius 2 is 1.75 bits per heavy atom. The highest BCUT2D eigenvalue weighted by Crippen LogP contribution is 1.93. The standard InChI is InChI=1S/C9H24N3/c1-5-7-11(6-2)8-9-12(3,4)10/h5-10H2,1-4H3/q+1. The SMILES string of the molecule is CCCN(CC)CC[N+](C)(C)N. The number of rotatable bonds is 6. The molecule has 3 heteroatoms. The maximum atomic E-state index is 5.85. The maximum absolute atomic E-state index is 5.85. The lowest BCUT2D eigenvalue weighted by Gasteiger charge is -2.26. The topological polar surface area (TPSA) is 29.3 Å². The van der Waals surface area contributed by atoms with E-state index in [1.165, 1.54) is 13.0 Å². The van der Waals surface area contributed by atoms with Crippen molar-refractivity contribution in [3.8, 4) is 0 Å². The average molecular weight is 174 g/mol. The minimum absolute atomic E-state index is 0.570. The lowest BCUT2D eigenvalue weighted by molar-refractivity contribution is -0.901. The molecule has 0 aliphatic rings. The first kappa shape index (κ1) is 11.9. The Labute approximate surface area is 76.7 Å². The van der Waals surface area contributed by atoms with E-state index in [9.17, 15) is 0 Å². The van der Waals surface area contributed by atoms with E-state index in [0.717, 1.165) is 19.6 Å². The van der Waals surface area contributed by atoms with Crippen molar-refractivity contribution in [1.29, 1.82) is 0 Å². The molecular formula is C9H24N3+. The van der Waals surface area contributed by atoms with E-state index < -0.39 is 0 Å². The van der Waals surface area contributed by atoms with E-state index in [1.807, 2.05) is 14.1 Å². The van der Waals surface area contributed by atoms with Crippen molar-refractivity contribution in [2.24, 2.45) is 5.84 Å². The molecule has 0 aromatic rings. The van der Waals surface area contributed by atoms with Gasteiger partial charge in [0.15, 0.2) is 0 Å². The van der Waals surface area contributed by atoms with Gasteiger partial charge in [0.2, 0.25) is 0 Å². The molecule has 0 aliphatic carbocycles. The minimum atomic E-state index is 0.570. The Hall–Kier alpha value is -0.120. The Balaban J connectivity index is 3.58. The second-order valence-corrected chi connectivity index (χ2v) is 3.94. The van der Waals surface area contributed by atoms with Gasteiger partial charge in [-0.15, -0.1) is 0 Å². The van der Waals surface area contributed by atoms with Crippen LogP contribution >= 0.6 is 0 Å². The summed E-state index contributed by atoms with van der Waals surface area (Å²) in [6.07, 6.45) is 1.23. The lowest BCUT2D eigenvalue weighted by atomic mass is 10.4. The third-order valence-electron chi connectivity index (χ3n) is 1.98. The molecule has 74 valence electrons. The Morgan fingerprint density at radius 3 is 2.08 bits per heavy atom. The first-order valence-electron chi connectivity index (χ1n) is 4.83. The van der Waals surface area contributed by atoms with Crippen molar-refractivity contribution in [3.05, 3.63) is 0 Å². The van der Waals surface area contributed by atoms with Crippen LogP contribution in [0.15, 0.2) is 0 Å². The molecule has 12 heavy (non-hydrogen) atoms. The molecule has 3 nitrogen and oxygen atoms in total. The van der Waals surface area contributed by atoms with Gasteiger partial charge in [-0.2, -0.15) is 5.84 Å². The summed E-state index contributed by atoms with van der Waals surface area (Å²) < 4.78 is 0.570. The fourth-order valence-electron chi connectivity index (χ4n) is 1.14. The number of hydrogen-bond acceptors (Lipinski definition) is 2. The van der Waals surface area contributed by atoms with Crippen LogP contribution in [0.5, 0.6) is 0 Å². The molecule has 0 atom stereocenters. The zero-order valence-corrected chi connectivity index (χ0v) is 9.01. The van der Waals surface area contributed by atoms with Gasteiger partial charge >= 0.3 is 0 Å². The summed E-state index contributed by atoms with van der Waals surface area (Å²) in [6, 6.07) is 0. The Bertz CT molecular complexity index is 107. The lowest BCUT2D eigenvalue weighted by Crippen LogP contribution is -2.50. The van der Waals surface area contributed by atoms with E-state index in [4.69, 9.17) is 5.84 Å². The van der Waals surface area contributed by atoms with Gasteiger partial charge in [-0.05, 0) is 19.5 Å². The van der Waals surface area contributed by atoms with E-state index in [2.05, 4.69) is 18.7 Å². The predicted molar refractivity (Wildman–Crippen MR) is 53.6 cm³/mol. The van der Waals surface area contributed by atoms with Gasteiger partial charge < -0.3 is 0 Å². The second kappa shape index (κ2) is 5.51. The highest BCUT2D eigenvalue weighted by molar-refractivity contribution is 4.52. The third-order valence-corrected chi connectivity index (χ3v) is 1.98. The zero-order chi connectivity index (χ0) is 9.61. The first-order valence-corrected chi connectivity index (χ1v) is 4.83. The third kappa shape index (κ3) is 6.58. The number of nitrogens with zero attached hydrogens (tertiary/aromatic N) is 2. The molecule has 0 aliphatic heterocycles. The molecule has 0 radical (unpaired) electrons. The molecule has 0 aromatic carbocycles. The van der Waals surface area contributed by atoms with Crippen LogP contribution in [0, 0.1) is 0 Å². The fraction of sp³-hybridized carbons (Fsp3) is 1.00. The number of hydrogen-bond donors (Lipinski definition) is 1. The molecular weight excluding hydrogens is 150 g/mol. The van der Waals surface area contributed by atoms with E-state index in [1.54, 1.807) is 0 Å². The zero-order valence-electron chi connectivity index (χ0n) is 9.01. The highest BCUT2D eigenvalue weighted by atomic mass is 15.5. The van der Waals surface area contributed by atoms with Crippen LogP contribution in [0.1, 0.15) is 20.3 Å². The Kier molecular flexibility index (Phi) is 5.46. The van der Waals surface area contributed by atoms with Crippen LogP contribution in [-0.2, 0) is 0 Å². The summed E-state index contributed by atoms with van der Waals surface area (Å²) in [5, 5.41) is 0. The van der Waals surface area contributed by atoms with Crippen molar-refractivity contribution in [3.63, 3.8) is 0 Å². The average Bonchev–Trinajstić information content (AvgIpc) is 1.96. The predicted octanol–water partition coefficient (Wildman–Crippen LogP) is 0.668. The molecule has 0 rings (SSSR count). The van der Waals surface area contributed by atoms with E-state index in [-0.39, 0.29) is 0 Å². The largest absolute Gasteiger partial charge is 0.298 e. The fourth-order valence-corrected chi connectivity index (χ4v) is 1.14. The van der Waals surface area contributed by atoms with Crippen LogP contribution in [0.25, 0.3) is 0 Å². The first-order chi connectivity index (χ1) is 5.49. The molecule has 2 N–H and O–H groups in total. The number of nitrogens with two attached hydrogens (primary N) is 1. The van der Waals surface area contributed by atoms with E-state index in [0.29, 0.717) is 4.59 Å². The molecule has 0 saturated heterocycles. The van der Waals surface area contributed by atoms with Gasteiger partial charge in [0.05, 0.1) is 14.1 Å². The molecule has 0 saturated carbocycles. The molecule has 0 amide bonds. The van der Waals surface area contributed by atoms with Crippen LogP contribution in [0.4, 0.5) is 0 Å². The van der Waals surface area contributed by atoms with Gasteiger partial charge in [-0.25, -0.2) is 0 Å². The van der Waals surface area contributed by atoms with Crippen LogP contribution in [-0.4, -0.2) is 49.8 Å². The molecule has 0 unspecified atom stereocenters. The smallest absolute Gasteiger partial charge is 0.108 e. The number of likely N-dealkylation sites (N-methyl/N-ethyl adjacent to an activating group) is 2. The molecule has 0 heterocycles. The highest BCUT2D eigenvalue weighted by Gasteiger charge is 2.10. The van der Waals surface area contributed by atoms with Gasteiger partial charge in [0.25, 0.3) is 0 Å². The van der Waals surface area contributed by atoms with Crippen molar-refractivity contribution in [2.45, 2.75) is 20.3 Å². The van der Waals surface area contributed by atoms with Crippen LogP contribution < -0.4 is 5.84 Å². The van der Waals surface area contributed by atoms with Crippen molar-refractivity contribution >= 4 is 0 Å². The van der Waals surface area contributed by atoms with Crippen molar-refractivity contribution in [2.75, 3.05) is 40.3 Å². The van der Waals surface area contributed by atoms with Crippen LogP contribution in [0.2, 0.25) is 0 Å². The summed E-state index contributed by atoms with van der Waals surface area (Å²) in [7, 11) is 4.06. The summed E-state index contributed by atoms with van der Waals surface area (Å²) in [6.45, 7) is 8.86. The molecule has 0 bridgehead atoms.